The minimum absolute atomic E-state index is 0.0231. The Morgan fingerprint density at radius 1 is 0.600 bits per heavy atom. The Labute approximate surface area is 241 Å². The first-order valence-corrected chi connectivity index (χ1v) is 16.4. The van der Waals surface area contributed by atoms with Gasteiger partial charge in [0, 0.05) is 39.0 Å². The molecular weight excluding hydrogens is 506 g/mol. The molecule has 6 rings (SSSR count). The monoisotopic (exact) mass is 559 g/mol. The van der Waals surface area contributed by atoms with Crippen LogP contribution in [0.3, 0.4) is 0 Å². The molecule has 8 heteroatoms. The Morgan fingerprint density at radius 2 is 1.02 bits per heavy atom. The number of nitrogens with zero attached hydrogens (tertiary/aromatic N) is 2. The van der Waals surface area contributed by atoms with E-state index in [9.17, 15) is 19.2 Å². The molecule has 40 heavy (non-hydrogen) atoms. The summed E-state index contributed by atoms with van der Waals surface area (Å²) in [6, 6.07) is 0. The third kappa shape index (κ3) is 9.28. The lowest BCUT2D eigenvalue weighted by Gasteiger charge is -2.38. The van der Waals surface area contributed by atoms with E-state index in [1.807, 2.05) is 9.80 Å². The van der Waals surface area contributed by atoms with Crippen LogP contribution < -0.4 is 5.32 Å². The summed E-state index contributed by atoms with van der Waals surface area (Å²) >= 11 is 0. The smallest absolute Gasteiger partial charge is 0.314 e. The molecule has 0 aromatic rings. The minimum atomic E-state index is -0.321. The molecule has 0 bridgehead atoms. The average molecular weight is 560 g/mol. The number of nitrogens with one attached hydrogen (secondary N) is 1. The van der Waals surface area contributed by atoms with Gasteiger partial charge in [-0.25, -0.2) is 0 Å². The van der Waals surface area contributed by atoms with Gasteiger partial charge < -0.3 is 19.9 Å². The van der Waals surface area contributed by atoms with Crippen LogP contribution in [0.15, 0.2) is 0 Å². The number of amides is 2. The average Bonchev–Trinajstić information content (AvgIpc) is 3.74. The molecule has 226 valence electrons. The summed E-state index contributed by atoms with van der Waals surface area (Å²) in [5.41, 5.74) is -0.0672. The number of carbonyl (C=O) groups excluding carboxylic acids is 4. The second-order valence-electron chi connectivity index (χ2n) is 13.3. The molecule has 1 N–H and O–H groups in total. The van der Waals surface area contributed by atoms with Crippen molar-refractivity contribution in [3.05, 3.63) is 0 Å². The van der Waals surface area contributed by atoms with Gasteiger partial charge in [-0.15, -0.1) is 0 Å². The maximum absolute atomic E-state index is 12.6. The summed E-state index contributed by atoms with van der Waals surface area (Å²) in [4.78, 5) is 51.5. The molecule has 6 fully saturated rings. The van der Waals surface area contributed by atoms with E-state index < -0.39 is 0 Å². The van der Waals surface area contributed by atoms with Crippen LogP contribution in [0.4, 0.5) is 0 Å². The lowest BCUT2D eigenvalue weighted by Crippen LogP contribution is -2.39. The van der Waals surface area contributed by atoms with E-state index >= 15 is 0 Å². The molecule has 0 unspecified atom stereocenters. The molecule has 4 heterocycles. The van der Waals surface area contributed by atoms with Gasteiger partial charge in [0.05, 0.1) is 12.8 Å². The molecule has 8 nitrogen and oxygen atoms in total. The van der Waals surface area contributed by atoms with Gasteiger partial charge in [-0.05, 0) is 88.1 Å². The zero-order valence-corrected chi connectivity index (χ0v) is 24.8. The van der Waals surface area contributed by atoms with Crippen molar-refractivity contribution >= 4 is 23.8 Å². The van der Waals surface area contributed by atoms with Crippen LogP contribution in [0.5, 0.6) is 0 Å². The zero-order chi connectivity index (χ0) is 28.3. The number of cyclic esters (lactones) is 2. The molecule has 2 saturated carbocycles. The second kappa shape index (κ2) is 15.3. The molecule has 1 spiro atoms. The fraction of sp³-hybridized carbons (Fsp3) is 0.875. The molecule has 2 aliphatic carbocycles. The van der Waals surface area contributed by atoms with Gasteiger partial charge in [0.25, 0.3) is 0 Å². The van der Waals surface area contributed by atoms with Gasteiger partial charge in [0.2, 0.25) is 11.8 Å². The number of hydrogen-bond acceptors (Lipinski definition) is 6. The second-order valence-corrected chi connectivity index (χ2v) is 13.3. The van der Waals surface area contributed by atoms with Crippen molar-refractivity contribution in [2.24, 2.45) is 10.8 Å². The van der Waals surface area contributed by atoms with Crippen LogP contribution >= 0.6 is 0 Å². The van der Waals surface area contributed by atoms with Crippen LogP contribution in [-0.2, 0) is 23.9 Å². The van der Waals surface area contributed by atoms with Gasteiger partial charge >= 0.3 is 11.9 Å². The number of hydrogen-bond donors (Lipinski definition) is 1. The lowest BCUT2D eigenvalue weighted by molar-refractivity contribution is -0.170. The third-order valence-corrected chi connectivity index (χ3v) is 10.0. The van der Waals surface area contributed by atoms with Crippen molar-refractivity contribution in [2.45, 2.75) is 128 Å². The van der Waals surface area contributed by atoms with Crippen LogP contribution in [0.1, 0.15) is 128 Å². The van der Waals surface area contributed by atoms with Gasteiger partial charge in [-0.1, -0.05) is 38.5 Å². The maximum Gasteiger partial charge on any atom is 0.314 e. The molecule has 4 saturated heterocycles. The summed E-state index contributed by atoms with van der Waals surface area (Å²) in [7, 11) is 0. The van der Waals surface area contributed by atoms with Gasteiger partial charge in [-0.3, -0.25) is 19.2 Å². The van der Waals surface area contributed by atoms with Crippen molar-refractivity contribution in [3.8, 4) is 0 Å². The van der Waals surface area contributed by atoms with Gasteiger partial charge in [0.15, 0.2) is 0 Å². The summed E-state index contributed by atoms with van der Waals surface area (Å²) in [5, 5.41) is 3.22. The highest BCUT2D eigenvalue weighted by Crippen LogP contribution is 2.45. The highest BCUT2D eigenvalue weighted by atomic mass is 16.6. The Hall–Kier alpha value is -1.96. The molecule has 6 aliphatic rings. The van der Waals surface area contributed by atoms with Crippen molar-refractivity contribution in [1.82, 2.24) is 15.1 Å². The Morgan fingerprint density at radius 3 is 1.43 bits per heavy atom. The van der Waals surface area contributed by atoms with Gasteiger partial charge in [0.1, 0.15) is 0 Å². The molecule has 2 amide bonds. The Bertz CT molecular complexity index is 789. The Kier molecular flexibility index (Phi) is 11.9. The highest BCUT2D eigenvalue weighted by molar-refractivity contribution is 5.89. The van der Waals surface area contributed by atoms with Crippen molar-refractivity contribution < 1.29 is 23.9 Å². The number of esters is 2. The highest BCUT2D eigenvalue weighted by Gasteiger charge is 2.42. The lowest BCUT2D eigenvalue weighted by atomic mass is 9.69. The first-order chi connectivity index (χ1) is 19.4. The van der Waals surface area contributed by atoms with Crippen molar-refractivity contribution in [3.63, 3.8) is 0 Å². The first kappa shape index (κ1) is 31.0. The van der Waals surface area contributed by atoms with E-state index in [-0.39, 0.29) is 22.8 Å². The van der Waals surface area contributed by atoms with Crippen molar-refractivity contribution in [1.29, 1.82) is 0 Å². The fourth-order valence-electron chi connectivity index (χ4n) is 7.67. The molecule has 0 aromatic carbocycles. The maximum atomic E-state index is 12.6. The topological polar surface area (TPSA) is 96.0 Å². The molecule has 0 atom stereocenters. The SMILES string of the molecule is C1CCNC1.O=C(CC1(CC(=O)N2CCCC2)CCCCC1)N1CCCC1.O=C1CC2(CCCCC2)CC(=O)O1. The molecule has 0 aromatic heterocycles. The van der Waals surface area contributed by atoms with E-state index in [1.54, 1.807) is 0 Å². The van der Waals surface area contributed by atoms with E-state index in [1.165, 1.54) is 51.6 Å². The number of likely N-dealkylation sites (tertiary alicyclic amines) is 2. The van der Waals surface area contributed by atoms with E-state index in [0.29, 0.717) is 37.5 Å². The summed E-state index contributed by atoms with van der Waals surface area (Å²) in [5.74, 6) is -0.0430. The zero-order valence-electron chi connectivity index (χ0n) is 24.8. The van der Waals surface area contributed by atoms with E-state index in [0.717, 1.165) is 90.4 Å². The molecule has 0 radical (unpaired) electrons. The normalized spacial score (nSPS) is 25.5. The molecule has 4 aliphatic heterocycles. The van der Waals surface area contributed by atoms with E-state index in [2.05, 4.69) is 10.1 Å². The van der Waals surface area contributed by atoms with Crippen molar-refractivity contribution in [2.75, 3.05) is 39.3 Å². The molecular formula is C32H53N3O5. The summed E-state index contributed by atoms with van der Waals surface area (Å²) < 4.78 is 4.54. The quantitative estimate of drug-likeness (QED) is 0.379. The summed E-state index contributed by atoms with van der Waals surface area (Å²) in [6.45, 7) is 6.20. The first-order valence-electron chi connectivity index (χ1n) is 16.4. The van der Waals surface area contributed by atoms with Crippen LogP contribution in [0.25, 0.3) is 0 Å². The number of rotatable bonds is 4. The van der Waals surface area contributed by atoms with Crippen LogP contribution in [0, 0.1) is 10.8 Å². The third-order valence-electron chi connectivity index (χ3n) is 10.0. The predicted octanol–water partition coefficient (Wildman–Crippen LogP) is 5.13. The number of carbonyl (C=O) groups is 4. The van der Waals surface area contributed by atoms with Crippen LogP contribution in [-0.4, -0.2) is 72.8 Å². The minimum Gasteiger partial charge on any atom is -0.393 e. The van der Waals surface area contributed by atoms with E-state index in [4.69, 9.17) is 0 Å². The Balaban J connectivity index is 0.000000172. The van der Waals surface area contributed by atoms with Gasteiger partial charge in [-0.2, -0.15) is 0 Å². The number of ether oxygens (including phenoxy) is 1. The summed E-state index contributed by atoms with van der Waals surface area (Å²) in [6.07, 6.45) is 20.8. The fourth-order valence-corrected chi connectivity index (χ4v) is 7.67. The standard InChI is InChI=1S/C18H30N2O2.C10H14O3.C4H9N/c21-16(19-10-4-5-11-19)14-18(8-2-1-3-9-18)15-17(22)20-12-6-7-13-20;11-8-6-10(7-9(12)13-8)4-2-1-3-5-10;1-2-4-5-3-1/h1-15H2;1-7H2;5H,1-4H2. The van der Waals surface area contributed by atoms with Crippen LogP contribution in [0.2, 0.25) is 0 Å². The largest absolute Gasteiger partial charge is 0.393 e. The predicted molar refractivity (Wildman–Crippen MR) is 154 cm³/mol.